The average Bonchev–Trinajstić information content (AvgIpc) is 2.38. The number of nitrogens with zero attached hydrogens (tertiary/aromatic N) is 1. The highest BCUT2D eigenvalue weighted by Gasteiger charge is 2.21. The molecule has 2 unspecified atom stereocenters. The quantitative estimate of drug-likeness (QED) is 0.778. The lowest BCUT2D eigenvalue weighted by molar-refractivity contribution is -0.137. The van der Waals surface area contributed by atoms with Gasteiger partial charge in [-0.15, -0.1) is 0 Å². The van der Waals surface area contributed by atoms with Crippen LogP contribution in [0.3, 0.4) is 0 Å². The zero-order chi connectivity index (χ0) is 14.3. The molecular formula is C14H26N2O3. The molecule has 19 heavy (non-hydrogen) atoms. The van der Waals surface area contributed by atoms with E-state index in [-0.39, 0.29) is 19.0 Å². The summed E-state index contributed by atoms with van der Waals surface area (Å²) >= 11 is 0. The maximum atomic E-state index is 11.7. The number of urea groups is 1. The molecule has 5 heteroatoms. The highest BCUT2D eigenvalue weighted by molar-refractivity contribution is 5.74. The summed E-state index contributed by atoms with van der Waals surface area (Å²) in [5.41, 5.74) is 0. The number of nitrogens with one attached hydrogen (secondary N) is 1. The third kappa shape index (κ3) is 5.94. The Morgan fingerprint density at radius 3 is 2.63 bits per heavy atom. The van der Waals surface area contributed by atoms with E-state index in [1.54, 1.807) is 7.05 Å². The number of hydrogen-bond acceptors (Lipinski definition) is 2. The van der Waals surface area contributed by atoms with E-state index >= 15 is 0 Å². The molecule has 0 aliphatic heterocycles. The predicted octanol–water partition coefficient (Wildman–Crippen LogP) is 2.32. The summed E-state index contributed by atoms with van der Waals surface area (Å²) < 4.78 is 0. The van der Waals surface area contributed by atoms with Crippen molar-refractivity contribution >= 4 is 12.0 Å². The van der Waals surface area contributed by atoms with Gasteiger partial charge in [0.15, 0.2) is 0 Å². The summed E-state index contributed by atoms with van der Waals surface area (Å²) in [6.45, 7) is 3.23. The summed E-state index contributed by atoms with van der Waals surface area (Å²) in [7, 11) is 1.63. The standard InChI is InChI=1S/C14H26N2O3/c1-11-5-3-4-6-12(11)7-9-15-14(19)16(2)10-8-13(17)18/h11-12H,3-10H2,1-2H3,(H,15,19)(H,17,18). The lowest BCUT2D eigenvalue weighted by Gasteiger charge is -2.29. The maximum absolute atomic E-state index is 11.7. The van der Waals surface area contributed by atoms with Gasteiger partial charge in [0, 0.05) is 20.1 Å². The van der Waals surface area contributed by atoms with Crippen molar-refractivity contribution in [2.45, 2.75) is 45.4 Å². The van der Waals surface area contributed by atoms with Gasteiger partial charge >= 0.3 is 12.0 Å². The fourth-order valence-corrected chi connectivity index (χ4v) is 2.69. The second-order valence-corrected chi connectivity index (χ2v) is 5.61. The summed E-state index contributed by atoms with van der Waals surface area (Å²) in [6.07, 6.45) is 6.23. The average molecular weight is 270 g/mol. The largest absolute Gasteiger partial charge is 0.481 e. The van der Waals surface area contributed by atoms with Crippen LogP contribution in [-0.4, -0.2) is 42.1 Å². The molecule has 0 bridgehead atoms. The summed E-state index contributed by atoms with van der Waals surface area (Å²) in [4.78, 5) is 23.6. The van der Waals surface area contributed by atoms with E-state index < -0.39 is 5.97 Å². The Balaban J connectivity index is 2.17. The van der Waals surface area contributed by atoms with Crippen LogP contribution >= 0.6 is 0 Å². The zero-order valence-electron chi connectivity index (χ0n) is 12.0. The number of carboxylic acids is 1. The highest BCUT2D eigenvalue weighted by atomic mass is 16.4. The third-order valence-electron chi connectivity index (χ3n) is 4.09. The van der Waals surface area contributed by atoms with Crippen molar-refractivity contribution in [3.05, 3.63) is 0 Å². The second kappa shape index (κ2) is 8.02. The first-order chi connectivity index (χ1) is 9.00. The molecule has 1 aliphatic carbocycles. The van der Waals surface area contributed by atoms with Crippen molar-refractivity contribution in [3.63, 3.8) is 0 Å². The molecular weight excluding hydrogens is 244 g/mol. The highest BCUT2D eigenvalue weighted by Crippen LogP contribution is 2.31. The molecule has 1 aliphatic rings. The van der Waals surface area contributed by atoms with E-state index in [1.807, 2.05) is 0 Å². The van der Waals surface area contributed by atoms with E-state index in [0.29, 0.717) is 6.54 Å². The number of carboxylic acid groups (broad SMARTS) is 1. The number of amides is 2. The number of rotatable bonds is 6. The first-order valence-electron chi connectivity index (χ1n) is 7.21. The minimum Gasteiger partial charge on any atom is -0.481 e. The van der Waals surface area contributed by atoms with Crippen molar-refractivity contribution in [3.8, 4) is 0 Å². The third-order valence-corrected chi connectivity index (χ3v) is 4.09. The van der Waals surface area contributed by atoms with Gasteiger partial charge in [-0.2, -0.15) is 0 Å². The van der Waals surface area contributed by atoms with Gasteiger partial charge in [-0.05, 0) is 18.3 Å². The number of carbonyl (C=O) groups is 2. The molecule has 0 aromatic carbocycles. The smallest absolute Gasteiger partial charge is 0.317 e. The molecule has 110 valence electrons. The van der Waals surface area contributed by atoms with Crippen LogP contribution in [-0.2, 0) is 4.79 Å². The first-order valence-corrected chi connectivity index (χ1v) is 7.21. The summed E-state index contributed by atoms with van der Waals surface area (Å²) in [5, 5.41) is 11.4. The van der Waals surface area contributed by atoms with Gasteiger partial charge in [-0.3, -0.25) is 4.79 Å². The van der Waals surface area contributed by atoms with Crippen LogP contribution in [0.2, 0.25) is 0 Å². The number of aliphatic carboxylic acids is 1. The molecule has 0 heterocycles. The molecule has 0 radical (unpaired) electrons. The molecule has 0 aromatic heterocycles. The molecule has 2 N–H and O–H groups in total. The van der Waals surface area contributed by atoms with Crippen molar-refractivity contribution in [1.29, 1.82) is 0 Å². The topological polar surface area (TPSA) is 69.6 Å². The molecule has 5 nitrogen and oxygen atoms in total. The van der Waals surface area contributed by atoms with E-state index in [0.717, 1.165) is 18.3 Å². The Morgan fingerprint density at radius 2 is 2.00 bits per heavy atom. The van der Waals surface area contributed by atoms with Gasteiger partial charge in [0.25, 0.3) is 0 Å². The Labute approximate surface area is 115 Å². The van der Waals surface area contributed by atoms with Gasteiger partial charge < -0.3 is 15.3 Å². The van der Waals surface area contributed by atoms with E-state index in [2.05, 4.69) is 12.2 Å². The first kappa shape index (κ1) is 15.8. The molecule has 2 amide bonds. The van der Waals surface area contributed by atoms with Crippen LogP contribution in [0.15, 0.2) is 0 Å². The fraction of sp³-hybridized carbons (Fsp3) is 0.857. The SMILES string of the molecule is CC1CCCCC1CCNC(=O)N(C)CCC(=O)O. The molecule has 0 saturated heterocycles. The Hall–Kier alpha value is -1.26. The van der Waals surface area contributed by atoms with Gasteiger partial charge in [0.2, 0.25) is 0 Å². The van der Waals surface area contributed by atoms with Crippen LogP contribution in [0.1, 0.15) is 45.4 Å². The van der Waals surface area contributed by atoms with Crippen LogP contribution in [0, 0.1) is 11.8 Å². The molecule has 1 saturated carbocycles. The fourth-order valence-electron chi connectivity index (χ4n) is 2.69. The second-order valence-electron chi connectivity index (χ2n) is 5.61. The lowest BCUT2D eigenvalue weighted by Crippen LogP contribution is -2.39. The monoisotopic (exact) mass is 270 g/mol. The Kier molecular flexibility index (Phi) is 6.67. The van der Waals surface area contributed by atoms with E-state index in [4.69, 9.17) is 5.11 Å². The lowest BCUT2D eigenvalue weighted by atomic mass is 9.79. The maximum Gasteiger partial charge on any atom is 0.317 e. The Bertz CT molecular complexity index is 307. The number of hydrogen-bond donors (Lipinski definition) is 2. The number of carbonyl (C=O) groups excluding carboxylic acids is 1. The minimum atomic E-state index is -0.879. The van der Waals surface area contributed by atoms with E-state index in [9.17, 15) is 9.59 Å². The summed E-state index contributed by atoms with van der Waals surface area (Å²) in [6, 6.07) is -0.176. The van der Waals surface area contributed by atoms with Crippen molar-refractivity contribution < 1.29 is 14.7 Å². The molecule has 0 spiro atoms. The van der Waals surface area contributed by atoms with Gasteiger partial charge in [0.1, 0.15) is 0 Å². The van der Waals surface area contributed by atoms with E-state index in [1.165, 1.54) is 30.6 Å². The zero-order valence-corrected chi connectivity index (χ0v) is 12.0. The summed E-state index contributed by atoms with van der Waals surface area (Å²) in [5.74, 6) is 0.601. The van der Waals surface area contributed by atoms with Crippen LogP contribution in [0.25, 0.3) is 0 Å². The van der Waals surface area contributed by atoms with Crippen LogP contribution in [0.4, 0.5) is 4.79 Å². The molecule has 1 fully saturated rings. The van der Waals surface area contributed by atoms with Gasteiger partial charge in [-0.1, -0.05) is 32.6 Å². The minimum absolute atomic E-state index is 0.0103. The van der Waals surface area contributed by atoms with Gasteiger partial charge in [-0.25, -0.2) is 4.79 Å². The normalized spacial score (nSPS) is 22.8. The van der Waals surface area contributed by atoms with Crippen molar-refractivity contribution in [2.24, 2.45) is 11.8 Å². The van der Waals surface area contributed by atoms with Crippen molar-refractivity contribution in [1.82, 2.24) is 10.2 Å². The van der Waals surface area contributed by atoms with Crippen LogP contribution < -0.4 is 5.32 Å². The van der Waals surface area contributed by atoms with Gasteiger partial charge in [0.05, 0.1) is 6.42 Å². The molecule has 1 rings (SSSR count). The molecule has 0 aromatic rings. The predicted molar refractivity (Wildman–Crippen MR) is 74.0 cm³/mol. The Morgan fingerprint density at radius 1 is 1.32 bits per heavy atom. The van der Waals surface area contributed by atoms with Crippen molar-refractivity contribution in [2.75, 3.05) is 20.1 Å². The van der Waals surface area contributed by atoms with Crippen LogP contribution in [0.5, 0.6) is 0 Å². The molecule has 2 atom stereocenters.